The number of carbonyl (C=O) groups excluding carboxylic acids is 2. The fourth-order valence-electron chi connectivity index (χ4n) is 1.45. The number of methoxy groups -OCH3 is 2. The van der Waals surface area contributed by atoms with Crippen molar-refractivity contribution in [1.82, 2.24) is 0 Å². The average Bonchev–Trinajstić information content (AvgIpc) is 2.33. The van der Waals surface area contributed by atoms with Gasteiger partial charge in [0.05, 0.1) is 14.2 Å². The summed E-state index contributed by atoms with van der Waals surface area (Å²) in [6.07, 6.45) is 5.19. The molecule has 0 aromatic heterocycles. The fourth-order valence-corrected chi connectivity index (χ4v) is 1.45. The standard InChI is InChI=1S/C14H22O4/c1-10(2)7-6-8-11(3)9-12(13(15)17-4)14(16)18-5/h7-8,12H,6,9H2,1-5H3. The zero-order valence-electron chi connectivity index (χ0n) is 11.8. The molecule has 0 saturated heterocycles. The molecule has 18 heavy (non-hydrogen) atoms. The molecule has 0 heterocycles. The minimum Gasteiger partial charge on any atom is -0.468 e. The summed E-state index contributed by atoms with van der Waals surface area (Å²) in [5.41, 5.74) is 2.20. The quantitative estimate of drug-likeness (QED) is 0.415. The van der Waals surface area contributed by atoms with Crippen LogP contribution in [-0.2, 0) is 19.1 Å². The number of esters is 2. The third-order valence-electron chi connectivity index (χ3n) is 2.49. The van der Waals surface area contributed by atoms with Gasteiger partial charge >= 0.3 is 11.9 Å². The van der Waals surface area contributed by atoms with E-state index in [2.05, 4.69) is 15.5 Å². The molecule has 0 atom stereocenters. The normalized spacial score (nSPS) is 11.1. The van der Waals surface area contributed by atoms with Gasteiger partial charge in [-0.05, 0) is 33.6 Å². The van der Waals surface area contributed by atoms with E-state index in [1.165, 1.54) is 19.8 Å². The van der Waals surface area contributed by atoms with Gasteiger partial charge in [0.2, 0.25) is 0 Å². The van der Waals surface area contributed by atoms with E-state index >= 15 is 0 Å². The minimum atomic E-state index is -0.872. The highest BCUT2D eigenvalue weighted by Gasteiger charge is 2.28. The van der Waals surface area contributed by atoms with Crippen molar-refractivity contribution in [2.45, 2.75) is 33.6 Å². The SMILES string of the molecule is COC(=O)C(CC(C)=CCC=C(C)C)C(=O)OC. The Morgan fingerprint density at radius 3 is 1.89 bits per heavy atom. The second kappa shape index (κ2) is 8.50. The van der Waals surface area contributed by atoms with E-state index in [0.29, 0.717) is 6.42 Å². The Labute approximate surface area is 109 Å². The minimum absolute atomic E-state index is 0.329. The molecular weight excluding hydrogens is 232 g/mol. The van der Waals surface area contributed by atoms with Crippen LogP contribution in [0.5, 0.6) is 0 Å². The van der Waals surface area contributed by atoms with Gasteiger partial charge in [0.1, 0.15) is 0 Å². The van der Waals surface area contributed by atoms with E-state index in [-0.39, 0.29) is 0 Å². The molecule has 0 spiro atoms. The molecule has 0 aliphatic carbocycles. The molecule has 0 unspecified atom stereocenters. The van der Waals surface area contributed by atoms with Gasteiger partial charge in [-0.3, -0.25) is 9.59 Å². The van der Waals surface area contributed by atoms with E-state index in [1.54, 1.807) is 0 Å². The summed E-state index contributed by atoms with van der Waals surface area (Å²) < 4.78 is 9.20. The smallest absolute Gasteiger partial charge is 0.320 e. The van der Waals surface area contributed by atoms with Crippen LogP contribution in [0.1, 0.15) is 33.6 Å². The van der Waals surface area contributed by atoms with E-state index in [9.17, 15) is 9.59 Å². The lowest BCUT2D eigenvalue weighted by Crippen LogP contribution is -2.26. The maximum absolute atomic E-state index is 11.5. The topological polar surface area (TPSA) is 52.6 Å². The lowest BCUT2D eigenvalue weighted by Gasteiger charge is -2.12. The van der Waals surface area contributed by atoms with Gasteiger partial charge < -0.3 is 9.47 Å². The summed E-state index contributed by atoms with van der Waals surface area (Å²) in [7, 11) is 2.53. The van der Waals surface area contributed by atoms with Crippen LogP contribution >= 0.6 is 0 Å². The zero-order valence-corrected chi connectivity index (χ0v) is 11.8. The molecule has 0 fully saturated rings. The molecule has 102 valence electrons. The molecule has 0 aliphatic rings. The summed E-state index contributed by atoms with van der Waals surface area (Å²) >= 11 is 0. The highest BCUT2D eigenvalue weighted by atomic mass is 16.5. The molecule has 0 bridgehead atoms. The van der Waals surface area contributed by atoms with Gasteiger partial charge in [-0.1, -0.05) is 23.3 Å². The number of carbonyl (C=O) groups is 2. The van der Waals surface area contributed by atoms with Crippen LogP contribution in [0.4, 0.5) is 0 Å². The highest BCUT2D eigenvalue weighted by Crippen LogP contribution is 2.15. The Kier molecular flexibility index (Phi) is 7.76. The van der Waals surface area contributed by atoms with Crippen molar-refractivity contribution in [1.29, 1.82) is 0 Å². The van der Waals surface area contributed by atoms with Gasteiger partial charge in [0.25, 0.3) is 0 Å². The number of hydrogen-bond acceptors (Lipinski definition) is 4. The van der Waals surface area contributed by atoms with Gasteiger partial charge in [-0.25, -0.2) is 0 Å². The molecule has 0 saturated carbocycles. The predicted octanol–water partition coefficient (Wildman–Crippen LogP) is 2.64. The largest absolute Gasteiger partial charge is 0.468 e. The van der Waals surface area contributed by atoms with Crippen LogP contribution in [0, 0.1) is 5.92 Å². The predicted molar refractivity (Wildman–Crippen MR) is 69.9 cm³/mol. The van der Waals surface area contributed by atoms with E-state index in [0.717, 1.165) is 12.0 Å². The van der Waals surface area contributed by atoms with E-state index in [4.69, 9.17) is 0 Å². The molecule has 0 aliphatic heterocycles. The van der Waals surface area contributed by atoms with Crippen molar-refractivity contribution in [3.05, 3.63) is 23.3 Å². The van der Waals surface area contributed by atoms with Crippen LogP contribution in [0.3, 0.4) is 0 Å². The summed E-state index contributed by atoms with van der Waals surface area (Å²) in [6.45, 7) is 5.93. The van der Waals surface area contributed by atoms with E-state index in [1.807, 2.05) is 26.8 Å². The van der Waals surface area contributed by atoms with Gasteiger partial charge in [0, 0.05) is 0 Å². The lowest BCUT2D eigenvalue weighted by atomic mass is 9.99. The molecular formula is C14H22O4. The third-order valence-corrected chi connectivity index (χ3v) is 2.49. The maximum Gasteiger partial charge on any atom is 0.320 e. The molecule has 0 aromatic rings. The van der Waals surface area contributed by atoms with Crippen molar-refractivity contribution in [3.8, 4) is 0 Å². The first-order chi connectivity index (χ1) is 8.42. The van der Waals surface area contributed by atoms with Gasteiger partial charge in [-0.15, -0.1) is 0 Å². The summed E-state index contributed by atoms with van der Waals surface area (Å²) in [6, 6.07) is 0. The first kappa shape index (κ1) is 16.4. The summed E-state index contributed by atoms with van der Waals surface area (Å²) in [5, 5.41) is 0. The second-order valence-electron chi connectivity index (χ2n) is 4.37. The molecule has 0 aromatic carbocycles. The fraction of sp³-hybridized carbons (Fsp3) is 0.571. The van der Waals surface area contributed by atoms with Crippen molar-refractivity contribution in [2.75, 3.05) is 14.2 Å². The maximum atomic E-state index is 11.5. The summed E-state index contributed by atoms with van der Waals surface area (Å²) in [4.78, 5) is 22.9. The van der Waals surface area contributed by atoms with Crippen molar-refractivity contribution in [3.63, 3.8) is 0 Å². The van der Waals surface area contributed by atoms with Crippen LogP contribution in [-0.4, -0.2) is 26.2 Å². The Morgan fingerprint density at radius 1 is 1.00 bits per heavy atom. The molecule has 4 nitrogen and oxygen atoms in total. The first-order valence-electron chi connectivity index (χ1n) is 5.87. The van der Waals surface area contributed by atoms with Crippen LogP contribution in [0.2, 0.25) is 0 Å². The molecule has 0 radical (unpaired) electrons. The molecule has 0 N–H and O–H groups in total. The Bertz CT molecular complexity index is 333. The number of hydrogen-bond donors (Lipinski definition) is 0. The van der Waals surface area contributed by atoms with Crippen LogP contribution in [0.25, 0.3) is 0 Å². The van der Waals surface area contributed by atoms with Gasteiger partial charge in [0.15, 0.2) is 5.92 Å². The average molecular weight is 254 g/mol. The van der Waals surface area contributed by atoms with Crippen molar-refractivity contribution >= 4 is 11.9 Å². The molecule has 4 heteroatoms. The second-order valence-corrected chi connectivity index (χ2v) is 4.37. The van der Waals surface area contributed by atoms with Gasteiger partial charge in [-0.2, -0.15) is 0 Å². The monoisotopic (exact) mass is 254 g/mol. The van der Waals surface area contributed by atoms with Crippen LogP contribution < -0.4 is 0 Å². The number of rotatable bonds is 6. The summed E-state index contributed by atoms with van der Waals surface area (Å²) in [5.74, 6) is -1.99. The molecule has 0 rings (SSSR count). The van der Waals surface area contributed by atoms with Crippen LogP contribution in [0.15, 0.2) is 23.3 Å². The first-order valence-corrected chi connectivity index (χ1v) is 5.87. The Hall–Kier alpha value is -1.58. The zero-order chi connectivity index (χ0) is 14.1. The number of allylic oxidation sites excluding steroid dienone is 4. The Morgan fingerprint density at radius 2 is 1.50 bits per heavy atom. The Balaban J connectivity index is 4.62. The highest BCUT2D eigenvalue weighted by molar-refractivity contribution is 5.95. The third kappa shape index (κ3) is 6.23. The molecule has 0 amide bonds. The lowest BCUT2D eigenvalue weighted by molar-refractivity contribution is -0.158. The number of ether oxygens (including phenoxy) is 2. The van der Waals surface area contributed by atoms with Crippen molar-refractivity contribution < 1.29 is 19.1 Å². The van der Waals surface area contributed by atoms with Crippen molar-refractivity contribution in [2.24, 2.45) is 5.92 Å². The van der Waals surface area contributed by atoms with E-state index < -0.39 is 17.9 Å².